The highest BCUT2D eigenvalue weighted by Gasteiger charge is 2.10. The Morgan fingerprint density at radius 1 is 1.00 bits per heavy atom. The number of halogens is 1. The van der Waals surface area contributed by atoms with E-state index >= 15 is 0 Å². The van der Waals surface area contributed by atoms with Crippen molar-refractivity contribution in [3.05, 3.63) is 60.3 Å². The molecule has 0 saturated heterocycles. The molecule has 1 N–H and O–H groups in total. The highest BCUT2D eigenvalue weighted by molar-refractivity contribution is 5.70. The summed E-state index contributed by atoms with van der Waals surface area (Å²) in [5.74, 6) is 1.25. The first kappa shape index (κ1) is 16.8. The molecule has 0 fully saturated rings. The minimum atomic E-state index is -0.368. The van der Waals surface area contributed by atoms with Crippen molar-refractivity contribution in [2.75, 3.05) is 19.5 Å². The van der Waals surface area contributed by atoms with E-state index < -0.39 is 0 Å². The Bertz CT molecular complexity index is 873. The molecule has 2 heterocycles. The molecule has 0 amide bonds. The number of nitrogens with zero attached hydrogens (tertiary/aromatic N) is 3. The number of benzene rings is 1. The Labute approximate surface area is 144 Å². The molecular weight excluding hydrogens is 323 g/mol. The van der Waals surface area contributed by atoms with Crippen LogP contribution in [-0.4, -0.2) is 29.2 Å². The molecule has 25 heavy (non-hydrogen) atoms. The zero-order chi connectivity index (χ0) is 17.6. The molecule has 7 heteroatoms. The summed E-state index contributed by atoms with van der Waals surface area (Å²) in [5.41, 5.74) is 2.28. The first-order valence-electron chi connectivity index (χ1n) is 7.56. The molecule has 0 unspecified atom stereocenters. The molecule has 0 saturated carbocycles. The molecule has 0 aliphatic rings. The Hall–Kier alpha value is -3.06. The summed E-state index contributed by atoms with van der Waals surface area (Å²) in [6.07, 6.45) is 3.13. The van der Waals surface area contributed by atoms with Gasteiger partial charge >= 0.3 is 0 Å². The lowest BCUT2D eigenvalue weighted by atomic mass is 10.1. The highest BCUT2D eigenvalue weighted by Crippen LogP contribution is 2.30. The van der Waals surface area contributed by atoms with E-state index in [2.05, 4.69) is 20.3 Å². The van der Waals surface area contributed by atoms with Crippen molar-refractivity contribution in [3.8, 4) is 17.0 Å². The van der Waals surface area contributed by atoms with Crippen LogP contribution in [0.2, 0.25) is 0 Å². The van der Waals surface area contributed by atoms with E-state index in [9.17, 15) is 4.39 Å². The third kappa shape index (κ3) is 4.07. The summed E-state index contributed by atoms with van der Waals surface area (Å²) < 4.78 is 23.7. The van der Waals surface area contributed by atoms with Gasteiger partial charge in [-0.15, -0.1) is 0 Å². The van der Waals surface area contributed by atoms with Crippen LogP contribution in [0, 0.1) is 5.82 Å². The molecule has 0 aliphatic carbocycles. The van der Waals surface area contributed by atoms with Crippen LogP contribution >= 0.6 is 0 Å². The summed E-state index contributed by atoms with van der Waals surface area (Å²) in [5, 5.41) is 3.13. The second-order valence-corrected chi connectivity index (χ2v) is 5.24. The maximum absolute atomic E-state index is 13.4. The van der Waals surface area contributed by atoms with E-state index in [0.717, 1.165) is 5.56 Å². The molecule has 1 aromatic carbocycles. The largest absolute Gasteiger partial charge is 0.496 e. The van der Waals surface area contributed by atoms with Gasteiger partial charge in [-0.25, -0.2) is 19.3 Å². The van der Waals surface area contributed by atoms with Gasteiger partial charge in [0.05, 0.1) is 19.4 Å². The van der Waals surface area contributed by atoms with Crippen LogP contribution in [0.15, 0.2) is 48.9 Å². The number of rotatable bonds is 6. The van der Waals surface area contributed by atoms with Crippen LogP contribution in [-0.2, 0) is 11.3 Å². The summed E-state index contributed by atoms with van der Waals surface area (Å²) in [7, 11) is 3.13. The molecule has 0 bridgehead atoms. The third-order valence-corrected chi connectivity index (χ3v) is 3.50. The second kappa shape index (κ2) is 7.67. The summed E-state index contributed by atoms with van der Waals surface area (Å²) >= 11 is 0. The van der Waals surface area contributed by atoms with E-state index in [1.54, 1.807) is 25.4 Å². The van der Waals surface area contributed by atoms with E-state index in [1.807, 2.05) is 12.1 Å². The molecule has 3 aromatic rings. The SMILES string of the molecule is COCc1ccnc(Nc2cc(-c3ccc(F)cc3OC)ncn2)c1. The number of aromatic nitrogens is 3. The average molecular weight is 340 g/mol. The Balaban J connectivity index is 1.88. The number of ether oxygens (including phenoxy) is 2. The fourth-order valence-corrected chi connectivity index (χ4v) is 2.38. The van der Waals surface area contributed by atoms with Crippen molar-refractivity contribution in [3.63, 3.8) is 0 Å². The Kier molecular flexibility index (Phi) is 5.15. The van der Waals surface area contributed by atoms with Gasteiger partial charge in [-0.05, 0) is 29.8 Å². The predicted octanol–water partition coefficient (Wildman–Crippen LogP) is 3.58. The highest BCUT2D eigenvalue weighted by atomic mass is 19.1. The van der Waals surface area contributed by atoms with Crippen molar-refractivity contribution < 1.29 is 13.9 Å². The monoisotopic (exact) mass is 340 g/mol. The van der Waals surface area contributed by atoms with E-state index in [0.29, 0.717) is 35.2 Å². The smallest absolute Gasteiger partial charge is 0.135 e. The van der Waals surface area contributed by atoms with Gasteiger partial charge in [-0.3, -0.25) is 0 Å². The Morgan fingerprint density at radius 2 is 1.84 bits per heavy atom. The molecular formula is C18H17FN4O2. The van der Waals surface area contributed by atoms with Gasteiger partial charge < -0.3 is 14.8 Å². The van der Waals surface area contributed by atoms with Crippen LogP contribution in [0.4, 0.5) is 16.0 Å². The zero-order valence-corrected chi connectivity index (χ0v) is 13.9. The number of methoxy groups -OCH3 is 2. The number of anilines is 2. The lowest BCUT2D eigenvalue weighted by Gasteiger charge is -2.10. The quantitative estimate of drug-likeness (QED) is 0.740. The van der Waals surface area contributed by atoms with Gasteiger partial charge in [0.2, 0.25) is 0 Å². The summed E-state index contributed by atoms with van der Waals surface area (Å²) in [6, 6.07) is 9.81. The number of hydrogen-bond donors (Lipinski definition) is 1. The van der Waals surface area contributed by atoms with Gasteiger partial charge in [0.25, 0.3) is 0 Å². The van der Waals surface area contributed by atoms with E-state index in [1.165, 1.54) is 25.6 Å². The standard InChI is InChI=1S/C18H17FN4O2/c1-24-10-12-5-6-20-17(7-12)23-18-9-15(21-11-22-18)14-4-3-13(19)8-16(14)25-2/h3-9,11H,10H2,1-2H3,(H,20,21,22,23). The maximum atomic E-state index is 13.4. The van der Waals surface area contributed by atoms with Crippen LogP contribution in [0.5, 0.6) is 5.75 Å². The van der Waals surface area contributed by atoms with Crippen molar-refractivity contribution in [2.24, 2.45) is 0 Å². The minimum absolute atomic E-state index is 0.368. The Morgan fingerprint density at radius 3 is 2.64 bits per heavy atom. The van der Waals surface area contributed by atoms with Gasteiger partial charge in [0, 0.05) is 31.0 Å². The first-order chi connectivity index (χ1) is 12.2. The summed E-state index contributed by atoms with van der Waals surface area (Å²) in [4.78, 5) is 12.7. The molecule has 3 rings (SSSR count). The molecule has 0 aliphatic heterocycles. The van der Waals surface area contributed by atoms with Crippen LogP contribution < -0.4 is 10.1 Å². The zero-order valence-electron chi connectivity index (χ0n) is 13.9. The van der Waals surface area contributed by atoms with Gasteiger partial charge in [-0.1, -0.05) is 0 Å². The average Bonchev–Trinajstić information content (AvgIpc) is 2.62. The van der Waals surface area contributed by atoms with Gasteiger partial charge in [0.15, 0.2) is 0 Å². The maximum Gasteiger partial charge on any atom is 0.135 e. The van der Waals surface area contributed by atoms with Gasteiger partial charge in [-0.2, -0.15) is 0 Å². The number of hydrogen-bond acceptors (Lipinski definition) is 6. The molecule has 0 spiro atoms. The van der Waals surface area contributed by atoms with Crippen molar-refractivity contribution in [2.45, 2.75) is 6.61 Å². The fraction of sp³-hybridized carbons (Fsp3) is 0.167. The molecule has 128 valence electrons. The first-order valence-corrected chi connectivity index (χ1v) is 7.56. The number of pyridine rings is 1. The topological polar surface area (TPSA) is 69.2 Å². The molecule has 0 radical (unpaired) electrons. The number of nitrogens with one attached hydrogen (secondary N) is 1. The van der Waals surface area contributed by atoms with E-state index in [4.69, 9.17) is 9.47 Å². The van der Waals surface area contributed by atoms with Crippen molar-refractivity contribution in [1.29, 1.82) is 0 Å². The van der Waals surface area contributed by atoms with Crippen LogP contribution in [0.25, 0.3) is 11.3 Å². The lowest BCUT2D eigenvalue weighted by Crippen LogP contribution is -1.99. The fourth-order valence-electron chi connectivity index (χ4n) is 2.38. The second-order valence-electron chi connectivity index (χ2n) is 5.24. The minimum Gasteiger partial charge on any atom is -0.496 e. The van der Waals surface area contributed by atoms with Crippen LogP contribution in [0.3, 0.4) is 0 Å². The third-order valence-electron chi connectivity index (χ3n) is 3.50. The van der Waals surface area contributed by atoms with E-state index in [-0.39, 0.29) is 5.82 Å². The molecule has 0 atom stereocenters. The molecule has 6 nitrogen and oxygen atoms in total. The van der Waals surface area contributed by atoms with Crippen molar-refractivity contribution in [1.82, 2.24) is 15.0 Å². The molecule has 2 aromatic heterocycles. The van der Waals surface area contributed by atoms with Crippen LogP contribution in [0.1, 0.15) is 5.56 Å². The normalized spacial score (nSPS) is 10.5. The van der Waals surface area contributed by atoms with Gasteiger partial charge in [0.1, 0.15) is 29.5 Å². The predicted molar refractivity (Wildman–Crippen MR) is 92.2 cm³/mol. The van der Waals surface area contributed by atoms with Crippen molar-refractivity contribution >= 4 is 11.6 Å². The summed E-state index contributed by atoms with van der Waals surface area (Å²) in [6.45, 7) is 0.499. The lowest BCUT2D eigenvalue weighted by molar-refractivity contribution is 0.185.